The standard InChI is InChI=1S/C29H44N7O20P3S/c1-13(37)9-15(39)24-34-23(30)19-26(35-24)36(25(33-19)16(40)10-14(2)38)28-20(42)21(55-57(45,46)47)17(54-28)11-52-58(48,49)56-59(50,51)53-12-29(3,4)22(43)27(44)32-6-5-18(41)31-7-8-60/h17,20-22,28,42-43,60H,5-12H2,1-4H3,(H,31,41)(H,32,44)(H,48,49)(H,50,51)(H2,30,34,35)(H2,45,46,47)/t17-,20-,21-,22+,28-/m1/s1. The molecule has 2 aromatic rings. The Bertz CT molecular complexity index is 2130. The van der Waals surface area contributed by atoms with E-state index in [0.29, 0.717) is 10.3 Å². The molecule has 0 aromatic carbocycles. The third-order valence-electron chi connectivity index (χ3n) is 7.99. The molecule has 60 heavy (non-hydrogen) atoms. The Morgan fingerprint density at radius 3 is 2.12 bits per heavy atom. The molecule has 2 aromatic heterocycles. The number of fused-ring (bicyclic) bond motifs is 1. The number of thiol groups is 1. The smallest absolute Gasteiger partial charge is 0.386 e. The molecular weight excluding hydrogens is 891 g/mol. The lowest BCUT2D eigenvalue weighted by Crippen LogP contribution is -2.46. The molecule has 1 aliphatic heterocycles. The third kappa shape index (κ3) is 14.3. The van der Waals surface area contributed by atoms with Gasteiger partial charge in [0.05, 0.1) is 26.1 Å². The molecule has 0 radical (unpaired) electrons. The zero-order chi connectivity index (χ0) is 45.5. The van der Waals surface area contributed by atoms with Crippen molar-refractivity contribution < 1.29 is 94.9 Å². The van der Waals surface area contributed by atoms with Crippen molar-refractivity contribution in [2.24, 2.45) is 5.41 Å². The minimum Gasteiger partial charge on any atom is -0.386 e. The van der Waals surface area contributed by atoms with Gasteiger partial charge in [0.1, 0.15) is 36.0 Å². The van der Waals surface area contributed by atoms with Crippen molar-refractivity contribution in [2.45, 2.75) is 77.6 Å². The zero-order valence-corrected chi connectivity index (χ0v) is 35.7. The quantitative estimate of drug-likeness (QED) is 0.0252. The van der Waals surface area contributed by atoms with E-state index in [9.17, 15) is 72.2 Å². The molecule has 31 heteroatoms. The van der Waals surface area contributed by atoms with E-state index >= 15 is 0 Å². The number of nitrogen functional groups attached to an aromatic ring is 1. The minimum atomic E-state index is -5.76. The summed E-state index contributed by atoms with van der Waals surface area (Å²) in [6.45, 7) is 2.34. The van der Waals surface area contributed by atoms with Gasteiger partial charge in [-0.3, -0.25) is 46.9 Å². The molecule has 0 aliphatic carbocycles. The highest BCUT2D eigenvalue weighted by molar-refractivity contribution is 7.80. The number of hydrogen-bond donors (Lipinski definition) is 10. The second kappa shape index (κ2) is 20.6. The van der Waals surface area contributed by atoms with Crippen molar-refractivity contribution in [3.05, 3.63) is 11.6 Å². The zero-order valence-electron chi connectivity index (χ0n) is 32.1. The summed E-state index contributed by atoms with van der Waals surface area (Å²) in [4.78, 5) is 125. The monoisotopic (exact) mass is 935 g/mol. The maximum atomic E-state index is 13.2. The first-order valence-corrected chi connectivity index (χ1v) is 22.4. The average molecular weight is 936 g/mol. The van der Waals surface area contributed by atoms with E-state index in [4.69, 9.17) is 19.5 Å². The lowest BCUT2D eigenvalue weighted by atomic mass is 9.87. The number of phosphoric acid groups is 3. The molecule has 0 spiro atoms. The molecule has 2 unspecified atom stereocenters. The van der Waals surface area contributed by atoms with E-state index in [1.54, 1.807) is 0 Å². The summed E-state index contributed by atoms with van der Waals surface area (Å²) in [7, 11) is -17.0. The van der Waals surface area contributed by atoms with Crippen LogP contribution in [-0.4, -0.2) is 141 Å². The van der Waals surface area contributed by atoms with Crippen molar-refractivity contribution >= 4 is 88.0 Å². The first-order valence-electron chi connectivity index (χ1n) is 17.3. The summed E-state index contributed by atoms with van der Waals surface area (Å²) < 4.78 is 62.3. The van der Waals surface area contributed by atoms with E-state index in [-0.39, 0.29) is 19.5 Å². The maximum Gasteiger partial charge on any atom is 0.481 e. The number of imidazole rings is 1. The van der Waals surface area contributed by atoms with Crippen LogP contribution in [0.2, 0.25) is 0 Å². The van der Waals surface area contributed by atoms with Gasteiger partial charge in [-0.05, 0) is 13.8 Å². The number of nitrogens with one attached hydrogen (secondary N) is 2. The molecular formula is C29H44N7O20P3S. The number of rotatable bonds is 24. The van der Waals surface area contributed by atoms with Crippen LogP contribution in [0.1, 0.15) is 74.4 Å². The van der Waals surface area contributed by atoms with Crippen LogP contribution < -0.4 is 16.4 Å². The topological polar surface area (TPSA) is 415 Å². The summed E-state index contributed by atoms with van der Waals surface area (Å²) >= 11 is 3.95. The number of ketones is 4. The fraction of sp³-hybridized carbons (Fsp3) is 0.621. The molecule has 0 bridgehead atoms. The number of aliphatic hydroxyl groups excluding tert-OH is 2. The lowest BCUT2D eigenvalue weighted by Gasteiger charge is -2.30. The van der Waals surface area contributed by atoms with E-state index in [2.05, 4.69) is 47.0 Å². The highest BCUT2D eigenvalue weighted by Crippen LogP contribution is 2.61. The van der Waals surface area contributed by atoms with Crippen LogP contribution >= 0.6 is 36.1 Å². The van der Waals surface area contributed by atoms with Gasteiger partial charge in [0.15, 0.2) is 29.0 Å². The van der Waals surface area contributed by atoms with Gasteiger partial charge in [-0.25, -0.2) is 28.6 Å². The first kappa shape index (κ1) is 50.9. The second-order valence-corrected chi connectivity index (χ2v) is 18.4. The predicted molar refractivity (Wildman–Crippen MR) is 203 cm³/mol. The summed E-state index contributed by atoms with van der Waals surface area (Å²) in [5.74, 6) is -6.23. The summed E-state index contributed by atoms with van der Waals surface area (Å²) in [6, 6.07) is 0. The maximum absolute atomic E-state index is 13.2. The number of aromatic nitrogens is 4. The average Bonchev–Trinajstić information content (AvgIpc) is 3.64. The molecule has 1 aliphatic rings. The molecule has 7 atom stereocenters. The largest absolute Gasteiger partial charge is 0.481 e. The minimum absolute atomic E-state index is 0.148. The van der Waals surface area contributed by atoms with Gasteiger partial charge in [0.2, 0.25) is 29.2 Å². The van der Waals surface area contributed by atoms with E-state index in [1.165, 1.54) is 13.8 Å². The number of ether oxygens (including phenoxy) is 1. The summed E-state index contributed by atoms with van der Waals surface area (Å²) in [5.41, 5.74) is 3.36. The van der Waals surface area contributed by atoms with Gasteiger partial charge >= 0.3 is 23.5 Å². The van der Waals surface area contributed by atoms with E-state index in [0.717, 1.165) is 13.8 Å². The molecule has 0 saturated carbocycles. The van der Waals surface area contributed by atoms with Crippen molar-refractivity contribution in [1.29, 1.82) is 0 Å². The molecule has 336 valence electrons. The fourth-order valence-electron chi connectivity index (χ4n) is 5.23. The first-order chi connectivity index (χ1) is 27.6. The highest BCUT2D eigenvalue weighted by Gasteiger charge is 2.51. The third-order valence-corrected chi connectivity index (χ3v) is 11.3. The molecule has 10 N–H and O–H groups in total. The molecule has 3 rings (SSSR count). The van der Waals surface area contributed by atoms with E-state index < -0.39 is 149 Å². The Labute approximate surface area is 344 Å². The number of Topliss-reactive ketones (excluding diaryl/α,β-unsaturated/α-hetero) is 4. The normalized spacial score (nSPS) is 20.9. The molecule has 1 fully saturated rings. The van der Waals surface area contributed by atoms with Crippen molar-refractivity contribution in [3.63, 3.8) is 0 Å². The van der Waals surface area contributed by atoms with Crippen LogP contribution in [0.3, 0.4) is 0 Å². The fourth-order valence-corrected chi connectivity index (χ4v) is 8.17. The van der Waals surface area contributed by atoms with Crippen molar-refractivity contribution in [1.82, 2.24) is 30.2 Å². The Kier molecular flexibility index (Phi) is 17.5. The van der Waals surface area contributed by atoms with Gasteiger partial charge < -0.3 is 50.9 Å². The molecule has 2 amide bonds. The number of carbonyl (C=O) groups is 6. The lowest BCUT2D eigenvalue weighted by molar-refractivity contribution is -0.137. The Hall–Kier alpha value is -3.43. The number of nitrogens with two attached hydrogens (primary N) is 1. The molecule has 3 heterocycles. The van der Waals surface area contributed by atoms with Gasteiger partial charge in [0, 0.05) is 30.7 Å². The summed E-state index contributed by atoms with van der Waals surface area (Å²) in [6.07, 6.45) is -12.2. The SMILES string of the molecule is CC(=O)CC(=O)c1nc(N)c2nc(C(=O)CC(C)=O)n([C@@H]3O[C@H](COP(=O)(O)OP(=O)(O)OCC(C)(C)[C@@H](O)C(=O)NCCC(=O)NCCS)[C@@H](OP(=O)(O)O)[C@H]3O)c2n1. The van der Waals surface area contributed by atoms with Gasteiger partial charge in [0.25, 0.3) is 0 Å². The van der Waals surface area contributed by atoms with Gasteiger partial charge in [-0.15, -0.1) is 0 Å². The predicted octanol–water partition coefficient (Wildman–Crippen LogP) is -1.34. The van der Waals surface area contributed by atoms with Crippen LogP contribution in [-0.2, 0) is 55.5 Å². The number of hydrogen-bond acceptors (Lipinski definition) is 21. The van der Waals surface area contributed by atoms with Crippen LogP contribution in [0.25, 0.3) is 11.2 Å². The van der Waals surface area contributed by atoms with Gasteiger partial charge in [-0.2, -0.15) is 16.9 Å². The number of anilines is 1. The summed E-state index contributed by atoms with van der Waals surface area (Å²) in [5, 5.41) is 26.6. The van der Waals surface area contributed by atoms with Crippen LogP contribution in [0.4, 0.5) is 5.82 Å². The Morgan fingerprint density at radius 1 is 0.933 bits per heavy atom. The van der Waals surface area contributed by atoms with Crippen molar-refractivity contribution in [2.75, 3.05) is 37.8 Å². The van der Waals surface area contributed by atoms with Crippen LogP contribution in [0.15, 0.2) is 0 Å². The Morgan fingerprint density at radius 2 is 1.53 bits per heavy atom. The number of amides is 2. The number of aliphatic hydroxyl groups is 2. The van der Waals surface area contributed by atoms with Gasteiger partial charge in [-0.1, -0.05) is 13.8 Å². The van der Waals surface area contributed by atoms with Crippen LogP contribution in [0, 0.1) is 5.41 Å². The second-order valence-electron chi connectivity index (χ2n) is 13.7. The van der Waals surface area contributed by atoms with E-state index in [1.807, 2.05) is 0 Å². The molecule has 1 saturated heterocycles. The number of nitrogens with zero attached hydrogens (tertiary/aromatic N) is 4. The number of phosphoric ester groups is 3. The Balaban J connectivity index is 1.85. The van der Waals surface area contributed by atoms with Crippen LogP contribution in [0.5, 0.6) is 0 Å². The highest BCUT2D eigenvalue weighted by atomic mass is 32.1. The molecule has 27 nitrogen and oxygen atoms in total. The van der Waals surface area contributed by atoms with Crippen molar-refractivity contribution in [3.8, 4) is 0 Å². The number of carbonyl (C=O) groups excluding carboxylic acids is 6.